The van der Waals surface area contributed by atoms with Gasteiger partial charge in [-0.3, -0.25) is 4.90 Å². The fourth-order valence-corrected chi connectivity index (χ4v) is 3.74. The third-order valence-corrected chi connectivity index (χ3v) is 5.23. The zero-order valence-electron chi connectivity index (χ0n) is 14.4. The van der Waals surface area contributed by atoms with Gasteiger partial charge in [0.25, 0.3) is 0 Å². The van der Waals surface area contributed by atoms with Crippen LogP contribution in [0, 0.1) is 0 Å². The Balaban J connectivity index is 1.69. The van der Waals surface area contributed by atoms with E-state index in [9.17, 15) is 0 Å². The van der Waals surface area contributed by atoms with Crippen molar-refractivity contribution in [2.45, 2.75) is 70.0 Å². The van der Waals surface area contributed by atoms with Crippen LogP contribution >= 0.6 is 0 Å². The number of nitrogens with two attached hydrogens (primary N) is 1. The number of ether oxygens (including phenoxy) is 1. The lowest BCUT2D eigenvalue weighted by Gasteiger charge is -2.32. The highest BCUT2D eigenvalue weighted by Crippen LogP contribution is 2.35. The summed E-state index contributed by atoms with van der Waals surface area (Å²) in [6.07, 6.45) is 8.79. The SMILES string of the molecule is COCCn1c(CN2CCCCCCC2)nnc1C1CC(N)C1. The van der Waals surface area contributed by atoms with Crippen LogP contribution in [0.1, 0.15) is 62.5 Å². The molecule has 2 N–H and O–H groups in total. The molecule has 0 radical (unpaired) electrons. The van der Waals surface area contributed by atoms with Crippen LogP contribution < -0.4 is 5.73 Å². The van der Waals surface area contributed by atoms with E-state index in [0.717, 1.165) is 37.6 Å². The molecular weight excluding hydrogens is 290 g/mol. The molecule has 2 fully saturated rings. The highest BCUT2D eigenvalue weighted by molar-refractivity contribution is 5.08. The molecule has 1 saturated heterocycles. The Morgan fingerprint density at radius 2 is 1.78 bits per heavy atom. The first-order valence-corrected chi connectivity index (χ1v) is 9.16. The van der Waals surface area contributed by atoms with E-state index in [2.05, 4.69) is 19.7 Å². The van der Waals surface area contributed by atoms with Gasteiger partial charge in [-0.1, -0.05) is 19.3 Å². The summed E-state index contributed by atoms with van der Waals surface area (Å²) in [6, 6.07) is 0.338. The van der Waals surface area contributed by atoms with E-state index in [1.54, 1.807) is 7.11 Å². The third kappa shape index (κ3) is 4.31. The quantitative estimate of drug-likeness (QED) is 0.866. The standard InChI is InChI=1S/C17H31N5O/c1-23-10-9-22-16(13-21-7-5-3-2-4-6-8-21)19-20-17(22)14-11-15(18)12-14/h14-15H,2-13,18H2,1H3. The van der Waals surface area contributed by atoms with E-state index in [1.165, 1.54) is 45.2 Å². The lowest BCUT2D eigenvalue weighted by Crippen LogP contribution is -2.36. The van der Waals surface area contributed by atoms with Crippen molar-refractivity contribution >= 4 is 0 Å². The molecule has 0 amide bonds. The molecule has 0 unspecified atom stereocenters. The average Bonchev–Trinajstić information content (AvgIpc) is 2.86. The molecule has 23 heavy (non-hydrogen) atoms. The van der Waals surface area contributed by atoms with E-state index in [-0.39, 0.29) is 0 Å². The Morgan fingerprint density at radius 1 is 1.09 bits per heavy atom. The van der Waals surface area contributed by atoms with Crippen LogP contribution in [0.25, 0.3) is 0 Å². The minimum atomic E-state index is 0.338. The molecule has 1 saturated carbocycles. The maximum atomic E-state index is 5.95. The van der Waals surface area contributed by atoms with E-state index >= 15 is 0 Å². The normalized spacial score (nSPS) is 26.5. The monoisotopic (exact) mass is 321 g/mol. The summed E-state index contributed by atoms with van der Waals surface area (Å²) in [6.45, 7) is 4.82. The summed E-state index contributed by atoms with van der Waals surface area (Å²) < 4.78 is 7.58. The Hall–Kier alpha value is -0.980. The summed E-state index contributed by atoms with van der Waals surface area (Å²) in [4.78, 5) is 2.54. The second kappa shape index (κ2) is 8.22. The number of methoxy groups -OCH3 is 1. The van der Waals surface area contributed by atoms with Crippen molar-refractivity contribution < 1.29 is 4.74 Å². The summed E-state index contributed by atoms with van der Waals surface area (Å²) in [5.41, 5.74) is 5.95. The van der Waals surface area contributed by atoms with E-state index in [1.807, 2.05) is 0 Å². The number of aromatic nitrogens is 3. The Morgan fingerprint density at radius 3 is 2.43 bits per heavy atom. The van der Waals surface area contributed by atoms with E-state index < -0.39 is 0 Å². The molecular formula is C17H31N5O. The summed E-state index contributed by atoms with van der Waals surface area (Å²) >= 11 is 0. The molecule has 2 heterocycles. The smallest absolute Gasteiger partial charge is 0.147 e. The van der Waals surface area contributed by atoms with E-state index in [0.29, 0.717) is 18.6 Å². The van der Waals surface area contributed by atoms with Gasteiger partial charge in [0, 0.05) is 25.6 Å². The minimum Gasteiger partial charge on any atom is -0.383 e. The molecule has 6 nitrogen and oxygen atoms in total. The highest BCUT2D eigenvalue weighted by atomic mass is 16.5. The second-order valence-corrected chi connectivity index (χ2v) is 7.09. The van der Waals surface area contributed by atoms with Gasteiger partial charge < -0.3 is 15.0 Å². The van der Waals surface area contributed by atoms with Crippen LogP contribution in [0.5, 0.6) is 0 Å². The van der Waals surface area contributed by atoms with Crippen molar-refractivity contribution in [1.29, 1.82) is 0 Å². The first-order chi connectivity index (χ1) is 11.3. The molecule has 1 aromatic rings. The molecule has 1 aliphatic heterocycles. The molecule has 130 valence electrons. The fourth-order valence-electron chi connectivity index (χ4n) is 3.74. The lowest BCUT2D eigenvalue weighted by atomic mass is 9.80. The second-order valence-electron chi connectivity index (χ2n) is 7.09. The first kappa shape index (κ1) is 16.9. The zero-order chi connectivity index (χ0) is 16.1. The predicted molar refractivity (Wildman–Crippen MR) is 90.2 cm³/mol. The van der Waals surface area contributed by atoms with Gasteiger partial charge >= 0.3 is 0 Å². The summed E-state index contributed by atoms with van der Waals surface area (Å²) in [7, 11) is 1.75. The third-order valence-electron chi connectivity index (χ3n) is 5.23. The Bertz CT molecular complexity index is 475. The maximum Gasteiger partial charge on any atom is 0.147 e. The van der Waals surface area contributed by atoms with Crippen molar-refractivity contribution in [2.75, 3.05) is 26.8 Å². The maximum absolute atomic E-state index is 5.95. The van der Waals surface area contributed by atoms with Crippen molar-refractivity contribution in [2.24, 2.45) is 5.73 Å². The van der Waals surface area contributed by atoms with Crippen LogP contribution in [0.15, 0.2) is 0 Å². The van der Waals surface area contributed by atoms with Gasteiger partial charge in [0.15, 0.2) is 0 Å². The summed E-state index contributed by atoms with van der Waals surface area (Å²) in [5, 5.41) is 9.03. The number of hydrogen-bond donors (Lipinski definition) is 1. The van der Waals surface area contributed by atoms with Crippen molar-refractivity contribution in [3.05, 3.63) is 11.6 Å². The topological polar surface area (TPSA) is 69.2 Å². The molecule has 0 bridgehead atoms. The van der Waals surface area contributed by atoms with Gasteiger partial charge in [-0.05, 0) is 38.8 Å². The minimum absolute atomic E-state index is 0.338. The fraction of sp³-hybridized carbons (Fsp3) is 0.882. The number of rotatable bonds is 6. The van der Waals surface area contributed by atoms with Crippen LogP contribution in [-0.2, 0) is 17.8 Å². The molecule has 0 spiro atoms. The van der Waals surface area contributed by atoms with Gasteiger partial charge in [-0.25, -0.2) is 0 Å². The zero-order valence-corrected chi connectivity index (χ0v) is 14.4. The number of likely N-dealkylation sites (tertiary alicyclic amines) is 1. The van der Waals surface area contributed by atoms with Crippen LogP contribution in [-0.4, -0.2) is 52.5 Å². The number of hydrogen-bond acceptors (Lipinski definition) is 5. The number of nitrogens with zero attached hydrogens (tertiary/aromatic N) is 4. The van der Waals surface area contributed by atoms with Gasteiger partial charge in [0.1, 0.15) is 11.6 Å². The molecule has 3 rings (SSSR count). The van der Waals surface area contributed by atoms with Crippen LogP contribution in [0.2, 0.25) is 0 Å². The Labute approximate surface area is 139 Å². The molecule has 6 heteroatoms. The molecule has 0 aromatic carbocycles. The molecule has 1 aliphatic carbocycles. The highest BCUT2D eigenvalue weighted by Gasteiger charge is 2.32. The Kier molecular flexibility index (Phi) is 6.02. The van der Waals surface area contributed by atoms with Crippen LogP contribution in [0.4, 0.5) is 0 Å². The molecule has 1 aromatic heterocycles. The van der Waals surface area contributed by atoms with Crippen molar-refractivity contribution in [3.63, 3.8) is 0 Å². The summed E-state index contributed by atoms with van der Waals surface area (Å²) in [5.74, 6) is 2.69. The van der Waals surface area contributed by atoms with E-state index in [4.69, 9.17) is 10.5 Å². The van der Waals surface area contributed by atoms with Gasteiger partial charge in [-0.15, -0.1) is 10.2 Å². The van der Waals surface area contributed by atoms with Gasteiger partial charge in [0.2, 0.25) is 0 Å². The van der Waals surface area contributed by atoms with Gasteiger partial charge in [-0.2, -0.15) is 0 Å². The van der Waals surface area contributed by atoms with Gasteiger partial charge in [0.05, 0.1) is 13.2 Å². The van der Waals surface area contributed by atoms with Crippen LogP contribution in [0.3, 0.4) is 0 Å². The average molecular weight is 321 g/mol. The van der Waals surface area contributed by atoms with Crippen molar-refractivity contribution in [1.82, 2.24) is 19.7 Å². The molecule has 0 atom stereocenters. The molecule has 2 aliphatic rings. The first-order valence-electron chi connectivity index (χ1n) is 9.16. The lowest BCUT2D eigenvalue weighted by molar-refractivity contribution is 0.179. The van der Waals surface area contributed by atoms with Crippen molar-refractivity contribution in [3.8, 4) is 0 Å². The predicted octanol–water partition coefficient (Wildman–Crippen LogP) is 1.90. The largest absolute Gasteiger partial charge is 0.383 e.